The van der Waals surface area contributed by atoms with Crippen LogP contribution in [0.3, 0.4) is 0 Å². The zero-order chi connectivity index (χ0) is 22.0. The first kappa shape index (κ1) is 20.3. The van der Waals surface area contributed by atoms with E-state index < -0.39 is 17.7 Å². The van der Waals surface area contributed by atoms with Gasteiger partial charge in [-0.15, -0.1) is 0 Å². The Balaban J connectivity index is 1.85. The molecule has 31 heavy (non-hydrogen) atoms. The normalized spacial score (nSPS) is 17.7. The minimum atomic E-state index is -0.729. The number of carbonyl (C=O) groups excluding carboxylic acids is 2. The summed E-state index contributed by atoms with van der Waals surface area (Å²) in [5.74, 6) is -0.888. The van der Waals surface area contributed by atoms with Crippen molar-refractivity contribution in [3.63, 3.8) is 0 Å². The molecule has 2 aromatic carbocycles. The van der Waals surface area contributed by atoms with Gasteiger partial charge in [0.25, 0.3) is 11.7 Å². The molecular formula is C25H22N2O4. The lowest BCUT2D eigenvalue weighted by Crippen LogP contribution is -2.29. The van der Waals surface area contributed by atoms with Crippen LogP contribution in [0.5, 0.6) is 5.75 Å². The van der Waals surface area contributed by atoms with E-state index in [1.165, 1.54) is 4.90 Å². The molecule has 0 bridgehead atoms. The van der Waals surface area contributed by atoms with Crippen LogP contribution in [0.15, 0.2) is 78.6 Å². The SMILES string of the molecule is COc1ccc([C@@H]2/C(=C(\O)c3ccc(C)cc3)C(=O)C(=O)N2Cc2cccnc2)cc1. The molecule has 4 rings (SSSR count). The average Bonchev–Trinajstić information content (AvgIpc) is 3.05. The molecule has 1 aliphatic rings. The van der Waals surface area contributed by atoms with E-state index in [2.05, 4.69) is 4.98 Å². The molecule has 0 saturated carbocycles. The number of hydrogen-bond donors (Lipinski definition) is 1. The Morgan fingerprint density at radius 2 is 1.77 bits per heavy atom. The van der Waals surface area contributed by atoms with Crippen LogP contribution in [-0.4, -0.2) is 33.8 Å². The molecule has 1 aromatic heterocycles. The highest BCUT2D eigenvalue weighted by atomic mass is 16.5. The Bertz CT molecular complexity index is 1140. The number of ether oxygens (including phenoxy) is 1. The molecule has 0 aliphatic carbocycles. The second-order valence-electron chi connectivity index (χ2n) is 7.43. The van der Waals surface area contributed by atoms with Crippen molar-refractivity contribution in [2.24, 2.45) is 0 Å². The van der Waals surface area contributed by atoms with Crippen LogP contribution in [0.2, 0.25) is 0 Å². The number of nitrogens with zero attached hydrogens (tertiary/aromatic N) is 2. The third-order valence-electron chi connectivity index (χ3n) is 5.37. The van der Waals surface area contributed by atoms with Crippen LogP contribution < -0.4 is 4.74 Å². The van der Waals surface area contributed by atoms with Gasteiger partial charge in [0.1, 0.15) is 11.5 Å². The van der Waals surface area contributed by atoms with Crippen molar-refractivity contribution in [1.29, 1.82) is 0 Å². The topological polar surface area (TPSA) is 79.7 Å². The molecule has 0 spiro atoms. The van der Waals surface area contributed by atoms with Gasteiger partial charge in [0.15, 0.2) is 0 Å². The highest BCUT2D eigenvalue weighted by Crippen LogP contribution is 2.40. The van der Waals surface area contributed by atoms with Crippen LogP contribution in [-0.2, 0) is 16.1 Å². The van der Waals surface area contributed by atoms with Crippen molar-refractivity contribution in [2.75, 3.05) is 7.11 Å². The molecule has 156 valence electrons. The molecule has 0 unspecified atom stereocenters. The number of likely N-dealkylation sites (tertiary alicyclic amines) is 1. The van der Waals surface area contributed by atoms with Crippen LogP contribution in [0.25, 0.3) is 5.76 Å². The van der Waals surface area contributed by atoms with E-state index in [9.17, 15) is 14.7 Å². The van der Waals surface area contributed by atoms with Gasteiger partial charge in [-0.2, -0.15) is 0 Å². The number of aryl methyl sites for hydroxylation is 1. The zero-order valence-electron chi connectivity index (χ0n) is 17.3. The van der Waals surface area contributed by atoms with Crippen molar-refractivity contribution in [3.8, 4) is 5.75 Å². The highest BCUT2D eigenvalue weighted by molar-refractivity contribution is 6.46. The smallest absolute Gasteiger partial charge is 0.295 e. The number of aliphatic hydroxyl groups is 1. The predicted molar refractivity (Wildman–Crippen MR) is 116 cm³/mol. The number of carbonyl (C=O) groups is 2. The summed E-state index contributed by atoms with van der Waals surface area (Å²) in [4.78, 5) is 31.6. The lowest BCUT2D eigenvalue weighted by Gasteiger charge is -2.25. The molecule has 3 aromatic rings. The van der Waals surface area contributed by atoms with E-state index in [-0.39, 0.29) is 17.9 Å². The van der Waals surface area contributed by atoms with Crippen molar-refractivity contribution in [1.82, 2.24) is 9.88 Å². The molecule has 0 radical (unpaired) electrons. The first-order chi connectivity index (χ1) is 15.0. The lowest BCUT2D eigenvalue weighted by atomic mass is 9.95. The van der Waals surface area contributed by atoms with E-state index in [1.54, 1.807) is 62.0 Å². The first-order valence-corrected chi connectivity index (χ1v) is 9.88. The van der Waals surface area contributed by atoms with Crippen molar-refractivity contribution < 1.29 is 19.4 Å². The van der Waals surface area contributed by atoms with Gasteiger partial charge in [-0.05, 0) is 36.2 Å². The summed E-state index contributed by atoms with van der Waals surface area (Å²) in [5, 5.41) is 11.1. The van der Waals surface area contributed by atoms with E-state index in [0.29, 0.717) is 16.9 Å². The molecule has 6 heteroatoms. The average molecular weight is 414 g/mol. The Hall–Kier alpha value is -3.93. The highest BCUT2D eigenvalue weighted by Gasteiger charge is 2.46. The third kappa shape index (κ3) is 3.92. The Morgan fingerprint density at radius 1 is 1.06 bits per heavy atom. The van der Waals surface area contributed by atoms with E-state index in [1.807, 2.05) is 25.1 Å². The van der Waals surface area contributed by atoms with Crippen molar-refractivity contribution >= 4 is 17.4 Å². The number of hydrogen-bond acceptors (Lipinski definition) is 5. The summed E-state index contributed by atoms with van der Waals surface area (Å²) in [7, 11) is 1.57. The standard InChI is InChI=1S/C25H22N2O4/c1-16-5-7-19(8-6-16)23(28)21-22(18-9-11-20(31-2)12-10-18)27(25(30)24(21)29)15-17-4-3-13-26-14-17/h3-14,22,28H,15H2,1-2H3/b23-21+/t22-/m1/s1. The van der Waals surface area contributed by atoms with Crippen LogP contribution in [0, 0.1) is 6.92 Å². The number of Topliss-reactive ketones (excluding diaryl/α,β-unsaturated/α-hetero) is 1. The fourth-order valence-corrected chi connectivity index (χ4v) is 3.73. The quantitative estimate of drug-likeness (QED) is 0.388. The number of methoxy groups -OCH3 is 1. The first-order valence-electron chi connectivity index (χ1n) is 9.88. The van der Waals surface area contributed by atoms with Gasteiger partial charge in [-0.3, -0.25) is 14.6 Å². The number of ketones is 1. The number of aromatic nitrogens is 1. The van der Waals surface area contributed by atoms with Crippen molar-refractivity contribution in [2.45, 2.75) is 19.5 Å². The number of aliphatic hydroxyl groups excluding tert-OH is 1. The third-order valence-corrected chi connectivity index (χ3v) is 5.37. The maximum atomic E-state index is 13.0. The Morgan fingerprint density at radius 3 is 2.39 bits per heavy atom. The number of benzene rings is 2. The van der Waals surface area contributed by atoms with E-state index in [0.717, 1.165) is 11.1 Å². The minimum absolute atomic E-state index is 0.0721. The molecule has 2 heterocycles. The fourth-order valence-electron chi connectivity index (χ4n) is 3.73. The minimum Gasteiger partial charge on any atom is -0.507 e. The summed E-state index contributed by atoms with van der Waals surface area (Å²) in [6, 6.07) is 17.2. The van der Waals surface area contributed by atoms with Crippen molar-refractivity contribution in [3.05, 3.63) is 101 Å². The summed E-state index contributed by atoms with van der Waals surface area (Å²) >= 11 is 0. The van der Waals surface area contributed by atoms with E-state index in [4.69, 9.17) is 4.74 Å². The summed E-state index contributed by atoms with van der Waals surface area (Å²) in [6.07, 6.45) is 3.31. The zero-order valence-corrected chi connectivity index (χ0v) is 17.3. The molecular weight excluding hydrogens is 392 g/mol. The Kier molecular flexibility index (Phi) is 5.54. The number of amides is 1. The van der Waals surface area contributed by atoms with Gasteiger partial charge in [0, 0.05) is 24.5 Å². The molecule has 1 saturated heterocycles. The predicted octanol–water partition coefficient (Wildman–Crippen LogP) is 4.02. The van der Waals surface area contributed by atoms with Gasteiger partial charge in [0.05, 0.1) is 18.7 Å². The maximum Gasteiger partial charge on any atom is 0.295 e. The summed E-state index contributed by atoms with van der Waals surface area (Å²) in [6.45, 7) is 2.13. The second-order valence-corrected chi connectivity index (χ2v) is 7.43. The van der Waals surface area contributed by atoms with Crippen LogP contribution in [0.1, 0.15) is 28.3 Å². The van der Waals surface area contributed by atoms with Crippen LogP contribution >= 0.6 is 0 Å². The van der Waals surface area contributed by atoms with Crippen LogP contribution in [0.4, 0.5) is 0 Å². The monoisotopic (exact) mass is 414 g/mol. The molecule has 1 amide bonds. The Labute approximate surface area is 180 Å². The van der Waals surface area contributed by atoms with Gasteiger partial charge in [-0.1, -0.05) is 48.0 Å². The molecule has 1 aliphatic heterocycles. The lowest BCUT2D eigenvalue weighted by molar-refractivity contribution is -0.140. The largest absolute Gasteiger partial charge is 0.507 e. The van der Waals surface area contributed by atoms with Gasteiger partial charge in [-0.25, -0.2) is 0 Å². The summed E-state index contributed by atoms with van der Waals surface area (Å²) < 4.78 is 5.23. The van der Waals surface area contributed by atoms with E-state index >= 15 is 0 Å². The number of rotatable bonds is 5. The molecule has 1 fully saturated rings. The maximum absolute atomic E-state index is 13.0. The second kappa shape index (κ2) is 8.44. The molecule has 1 atom stereocenters. The summed E-state index contributed by atoms with van der Waals surface area (Å²) in [5.41, 5.74) is 3.09. The number of pyridine rings is 1. The fraction of sp³-hybridized carbons (Fsp3) is 0.160. The van der Waals surface area contributed by atoms with Gasteiger partial charge < -0.3 is 14.7 Å². The van der Waals surface area contributed by atoms with Gasteiger partial charge >= 0.3 is 0 Å². The molecule has 6 nitrogen and oxygen atoms in total. The molecule has 1 N–H and O–H groups in total. The van der Waals surface area contributed by atoms with Gasteiger partial charge in [0.2, 0.25) is 0 Å².